The Labute approximate surface area is 200 Å². The Morgan fingerprint density at radius 1 is 0.500 bits per heavy atom. The first-order valence-electron chi connectivity index (χ1n) is 13.3. The highest BCUT2D eigenvalue weighted by Gasteiger charge is 2.61. The van der Waals surface area contributed by atoms with Crippen molar-refractivity contribution < 1.29 is 0 Å². The van der Waals surface area contributed by atoms with Gasteiger partial charge in [-0.15, -0.1) is 0 Å². The zero-order valence-corrected chi connectivity index (χ0v) is 19.4. The Bertz CT molecular complexity index is 1640. The summed E-state index contributed by atoms with van der Waals surface area (Å²) >= 11 is 0. The quantitative estimate of drug-likeness (QED) is 0.213. The summed E-state index contributed by atoms with van der Waals surface area (Å²) in [7, 11) is 0. The largest absolute Gasteiger partial charge is 0.0616 e. The van der Waals surface area contributed by atoms with Crippen molar-refractivity contribution in [1.82, 2.24) is 0 Å². The van der Waals surface area contributed by atoms with Crippen molar-refractivity contribution in [3.8, 4) is 11.1 Å². The Balaban J connectivity index is 1.44. The van der Waals surface area contributed by atoms with E-state index in [1.807, 2.05) is 0 Å². The molecule has 5 aliphatic carbocycles. The molecule has 164 valence electrons. The molecule has 0 saturated heterocycles. The third kappa shape index (κ3) is 2.08. The standard InChI is InChI=1S/C34H28/c1-2-6-23-17-29-26(16-22(23)5-1)9-10-31-33(29)30-18-24-7-3-4-8-25(24)19-32(30)34(31)27-12-20-11-21(14-27)15-28(34)13-20/h1-10,16-21,27-28H,11-15H2. The van der Waals surface area contributed by atoms with Crippen LogP contribution in [0.2, 0.25) is 0 Å². The zero-order chi connectivity index (χ0) is 22.0. The molecule has 4 bridgehead atoms. The SMILES string of the molecule is c1ccc2cc3c(cc2c1)-c1c(ccc2cc4ccccc4cc12)C31C2CC3CC(C2)CC1C3. The average molecular weight is 437 g/mol. The van der Waals surface area contributed by atoms with Crippen LogP contribution >= 0.6 is 0 Å². The highest BCUT2D eigenvalue weighted by molar-refractivity contribution is 6.09. The summed E-state index contributed by atoms with van der Waals surface area (Å²) in [6.45, 7) is 0. The van der Waals surface area contributed by atoms with Crippen LogP contribution in [0, 0.1) is 23.7 Å². The molecule has 0 heterocycles. The summed E-state index contributed by atoms with van der Waals surface area (Å²) in [4.78, 5) is 0. The van der Waals surface area contributed by atoms with Crippen LogP contribution in [0.25, 0.3) is 43.4 Å². The fourth-order valence-corrected chi connectivity index (χ4v) is 9.39. The van der Waals surface area contributed by atoms with Crippen molar-refractivity contribution in [3.05, 3.63) is 96.1 Å². The van der Waals surface area contributed by atoms with Crippen LogP contribution in [0.5, 0.6) is 0 Å². The van der Waals surface area contributed by atoms with Gasteiger partial charge in [-0.2, -0.15) is 0 Å². The van der Waals surface area contributed by atoms with E-state index in [-0.39, 0.29) is 5.41 Å². The molecule has 5 aromatic rings. The summed E-state index contributed by atoms with van der Waals surface area (Å²) in [6.07, 6.45) is 7.26. The second-order valence-corrected chi connectivity index (χ2v) is 11.8. The van der Waals surface area contributed by atoms with Crippen molar-refractivity contribution in [2.24, 2.45) is 23.7 Å². The third-order valence-electron chi connectivity index (χ3n) is 10.4. The number of rotatable bonds is 0. The summed E-state index contributed by atoms with van der Waals surface area (Å²) < 4.78 is 0. The first-order chi connectivity index (χ1) is 16.8. The van der Waals surface area contributed by atoms with E-state index in [1.165, 1.54) is 70.0 Å². The molecule has 0 amide bonds. The Morgan fingerprint density at radius 2 is 1.09 bits per heavy atom. The van der Waals surface area contributed by atoms with Crippen LogP contribution in [0.1, 0.15) is 43.2 Å². The molecular formula is C34H28. The van der Waals surface area contributed by atoms with Gasteiger partial charge in [0, 0.05) is 5.41 Å². The van der Waals surface area contributed by atoms with Crippen molar-refractivity contribution >= 4 is 32.3 Å². The fourth-order valence-electron chi connectivity index (χ4n) is 9.39. The fraction of sp³-hybridized carbons (Fsp3) is 0.294. The maximum absolute atomic E-state index is 2.61. The maximum atomic E-state index is 2.61. The Kier molecular flexibility index (Phi) is 3.28. The third-order valence-corrected chi connectivity index (χ3v) is 10.4. The van der Waals surface area contributed by atoms with Gasteiger partial charge in [0.25, 0.3) is 0 Å². The highest BCUT2D eigenvalue weighted by Crippen LogP contribution is 2.70. The zero-order valence-electron chi connectivity index (χ0n) is 19.4. The van der Waals surface area contributed by atoms with E-state index < -0.39 is 0 Å². The van der Waals surface area contributed by atoms with Gasteiger partial charge in [-0.05, 0) is 135 Å². The van der Waals surface area contributed by atoms with Crippen LogP contribution in [0.3, 0.4) is 0 Å². The molecule has 0 atom stereocenters. The second-order valence-electron chi connectivity index (χ2n) is 11.8. The van der Waals surface area contributed by atoms with Crippen molar-refractivity contribution in [3.63, 3.8) is 0 Å². The maximum Gasteiger partial charge on any atom is 0.0272 e. The van der Waals surface area contributed by atoms with Crippen molar-refractivity contribution in [1.29, 1.82) is 0 Å². The first-order valence-corrected chi connectivity index (χ1v) is 13.3. The summed E-state index contributed by atoms with van der Waals surface area (Å²) in [5.74, 6) is 3.57. The molecule has 0 heteroatoms. The molecule has 4 saturated carbocycles. The number of hydrogen-bond donors (Lipinski definition) is 0. The van der Waals surface area contributed by atoms with E-state index in [0.717, 1.165) is 23.7 Å². The minimum atomic E-state index is 0.224. The van der Waals surface area contributed by atoms with Crippen LogP contribution in [-0.2, 0) is 5.41 Å². The monoisotopic (exact) mass is 436 g/mol. The number of benzene rings is 5. The summed E-state index contributed by atoms with van der Waals surface area (Å²) in [5.41, 5.74) is 6.63. The van der Waals surface area contributed by atoms with Gasteiger partial charge in [0.15, 0.2) is 0 Å². The van der Waals surface area contributed by atoms with E-state index in [4.69, 9.17) is 0 Å². The minimum absolute atomic E-state index is 0.224. The molecule has 0 nitrogen and oxygen atoms in total. The molecule has 4 fully saturated rings. The highest BCUT2D eigenvalue weighted by atomic mass is 14.6. The van der Waals surface area contributed by atoms with Crippen LogP contribution < -0.4 is 0 Å². The second kappa shape index (κ2) is 6.11. The molecular weight excluding hydrogens is 408 g/mol. The smallest absolute Gasteiger partial charge is 0.0272 e. The van der Waals surface area contributed by atoms with Crippen LogP contribution in [0.15, 0.2) is 84.9 Å². The van der Waals surface area contributed by atoms with Gasteiger partial charge in [0.2, 0.25) is 0 Å². The Morgan fingerprint density at radius 3 is 1.76 bits per heavy atom. The number of hydrogen-bond acceptors (Lipinski definition) is 0. The minimum Gasteiger partial charge on any atom is -0.0616 e. The lowest BCUT2D eigenvalue weighted by Gasteiger charge is -2.61. The average Bonchev–Trinajstić information content (AvgIpc) is 3.14. The molecule has 0 radical (unpaired) electrons. The van der Waals surface area contributed by atoms with Crippen molar-refractivity contribution in [2.75, 3.05) is 0 Å². The molecule has 1 spiro atoms. The van der Waals surface area contributed by atoms with Crippen LogP contribution in [-0.4, -0.2) is 0 Å². The van der Waals surface area contributed by atoms with Gasteiger partial charge < -0.3 is 0 Å². The molecule has 34 heavy (non-hydrogen) atoms. The van der Waals surface area contributed by atoms with Crippen LogP contribution in [0.4, 0.5) is 0 Å². The van der Waals surface area contributed by atoms with Gasteiger partial charge >= 0.3 is 0 Å². The predicted octanol–water partition coefficient (Wildman–Crippen LogP) is 8.87. The molecule has 0 N–H and O–H groups in total. The van der Waals surface area contributed by atoms with Gasteiger partial charge in [0.05, 0.1) is 0 Å². The van der Waals surface area contributed by atoms with E-state index in [9.17, 15) is 0 Å². The molecule has 5 aromatic carbocycles. The van der Waals surface area contributed by atoms with Gasteiger partial charge in [-0.3, -0.25) is 0 Å². The van der Waals surface area contributed by atoms with Gasteiger partial charge in [-0.1, -0.05) is 60.7 Å². The van der Waals surface area contributed by atoms with E-state index >= 15 is 0 Å². The first kappa shape index (κ1) is 18.2. The summed E-state index contributed by atoms with van der Waals surface area (Å²) in [6, 6.07) is 32.9. The molecule has 0 aliphatic heterocycles. The Hall–Kier alpha value is -3.12. The molecule has 10 rings (SSSR count). The molecule has 0 unspecified atom stereocenters. The lowest BCUT2D eigenvalue weighted by atomic mass is 9.43. The van der Waals surface area contributed by atoms with Crippen molar-refractivity contribution in [2.45, 2.75) is 37.5 Å². The van der Waals surface area contributed by atoms with E-state index in [1.54, 1.807) is 16.7 Å². The molecule has 5 aliphatic rings. The normalized spacial score (nSPS) is 30.5. The van der Waals surface area contributed by atoms with E-state index in [0.29, 0.717) is 0 Å². The lowest BCUT2D eigenvalue weighted by Crippen LogP contribution is -2.55. The van der Waals surface area contributed by atoms with E-state index in [2.05, 4.69) is 84.9 Å². The lowest BCUT2D eigenvalue weighted by molar-refractivity contribution is -0.0398. The number of fused-ring (bicyclic) bond motifs is 7. The topological polar surface area (TPSA) is 0 Å². The molecule has 0 aromatic heterocycles. The predicted molar refractivity (Wildman–Crippen MR) is 142 cm³/mol. The summed E-state index contributed by atoms with van der Waals surface area (Å²) in [5, 5.41) is 8.34. The van der Waals surface area contributed by atoms with Gasteiger partial charge in [-0.25, -0.2) is 0 Å². The van der Waals surface area contributed by atoms with Gasteiger partial charge in [0.1, 0.15) is 0 Å².